The summed E-state index contributed by atoms with van der Waals surface area (Å²) in [6.45, 7) is 5.52. The molecule has 5 nitrogen and oxygen atoms in total. The maximum absolute atomic E-state index is 11.5. The Morgan fingerprint density at radius 1 is 1.67 bits per heavy atom. The number of carbonyl (C=O) groups is 1. The van der Waals surface area contributed by atoms with Crippen LogP contribution in [0.5, 0.6) is 0 Å². The van der Waals surface area contributed by atoms with Crippen molar-refractivity contribution in [3.8, 4) is 0 Å². The van der Waals surface area contributed by atoms with Crippen LogP contribution in [0.2, 0.25) is 0 Å². The molecule has 0 aliphatic carbocycles. The second kappa shape index (κ2) is 4.93. The van der Waals surface area contributed by atoms with Gasteiger partial charge >= 0.3 is 5.97 Å². The molecular formula is C10H16N2O3. The predicted octanol–water partition coefficient (Wildman–Crippen LogP) is 1.00. The molecule has 5 heteroatoms. The normalized spacial score (nSPS) is 14.7. The number of ether oxygens (including phenoxy) is 1. The zero-order valence-electron chi connectivity index (χ0n) is 9.17. The molecule has 0 unspecified atom stereocenters. The number of aliphatic hydroxyl groups is 1. The third-order valence-electron chi connectivity index (χ3n) is 2.24. The molecule has 0 saturated heterocycles. The molecule has 0 amide bonds. The van der Waals surface area contributed by atoms with Crippen LogP contribution in [0, 0.1) is 0 Å². The second-order valence-corrected chi connectivity index (χ2v) is 3.36. The van der Waals surface area contributed by atoms with E-state index in [1.807, 2.05) is 0 Å². The summed E-state index contributed by atoms with van der Waals surface area (Å²) in [4.78, 5) is 11.5. The molecule has 0 radical (unpaired) electrons. The van der Waals surface area contributed by atoms with E-state index >= 15 is 0 Å². The quantitative estimate of drug-likeness (QED) is 0.756. The Balaban J connectivity index is 2.91. The van der Waals surface area contributed by atoms with E-state index in [4.69, 9.17) is 4.74 Å². The third-order valence-corrected chi connectivity index (χ3v) is 2.24. The molecule has 0 spiro atoms. The molecule has 1 rings (SSSR count). The van der Waals surface area contributed by atoms with Crippen molar-refractivity contribution in [1.29, 1.82) is 0 Å². The SMILES string of the molecule is CCOC(=O)c1ccnn1[C@H](C)[C@@H](C)O. The minimum Gasteiger partial charge on any atom is -0.461 e. The fraction of sp³-hybridized carbons (Fsp3) is 0.600. The highest BCUT2D eigenvalue weighted by Crippen LogP contribution is 2.13. The summed E-state index contributed by atoms with van der Waals surface area (Å²) in [6, 6.07) is 1.33. The Morgan fingerprint density at radius 2 is 2.33 bits per heavy atom. The molecule has 84 valence electrons. The molecule has 1 aromatic heterocycles. The molecule has 0 bridgehead atoms. The third kappa shape index (κ3) is 2.56. The Kier molecular flexibility index (Phi) is 3.85. The number of rotatable bonds is 4. The van der Waals surface area contributed by atoms with E-state index < -0.39 is 12.1 Å². The zero-order chi connectivity index (χ0) is 11.4. The fourth-order valence-corrected chi connectivity index (χ4v) is 1.21. The molecular weight excluding hydrogens is 196 g/mol. The van der Waals surface area contributed by atoms with Gasteiger partial charge in [0.05, 0.1) is 18.8 Å². The van der Waals surface area contributed by atoms with Crippen molar-refractivity contribution in [1.82, 2.24) is 9.78 Å². The lowest BCUT2D eigenvalue weighted by molar-refractivity contribution is 0.0499. The average molecular weight is 212 g/mol. The molecule has 1 aromatic rings. The van der Waals surface area contributed by atoms with Crippen LogP contribution in [-0.4, -0.2) is 33.6 Å². The van der Waals surface area contributed by atoms with Gasteiger partial charge in [0.25, 0.3) is 0 Å². The van der Waals surface area contributed by atoms with Gasteiger partial charge in [-0.3, -0.25) is 4.68 Å². The summed E-state index contributed by atoms with van der Waals surface area (Å²) < 4.78 is 6.35. The van der Waals surface area contributed by atoms with E-state index in [1.54, 1.807) is 26.8 Å². The van der Waals surface area contributed by atoms with E-state index in [9.17, 15) is 9.90 Å². The summed E-state index contributed by atoms with van der Waals surface area (Å²) in [5.74, 6) is -0.414. The van der Waals surface area contributed by atoms with Gasteiger partial charge in [0, 0.05) is 6.20 Å². The van der Waals surface area contributed by atoms with Crippen molar-refractivity contribution >= 4 is 5.97 Å². The fourth-order valence-electron chi connectivity index (χ4n) is 1.21. The van der Waals surface area contributed by atoms with E-state index in [0.29, 0.717) is 12.3 Å². The number of esters is 1. The molecule has 0 fully saturated rings. The zero-order valence-corrected chi connectivity index (χ0v) is 9.17. The Labute approximate surface area is 88.7 Å². The predicted molar refractivity (Wildman–Crippen MR) is 54.6 cm³/mol. The lowest BCUT2D eigenvalue weighted by atomic mass is 10.2. The van der Waals surface area contributed by atoms with Gasteiger partial charge in [0.15, 0.2) is 0 Å². The first-order chi connectivity index (χ1) is 7.07. The van der Waals surface area contributed by atoms with Crippen molar-refractivity contribution in [2.75, 3.05) is 6.61 Å². The summed E-state index contributed by atoms with van der Waals surface area (Å²) in [5, 5.41) is 13.4. The minimum atomic E-state index is -0.571. The van der Waals surface area contributed by atoms with Crippen LogP contribution in [-0.2, 0) is 4.74 Å². The monoisotopic (exact) mass is 212 g/mol. The smallest absolute Gasteiger partial charge is 0.356 e. The lowest BCUT2D eigenvalue weighted by Gasteiger charge is -2.17. The van der Waals surface area contributed by atoms with E-state index in [1.165, 1.54) is 10.9 Å². The topological polar surface area (TPSA) is 64.3 Å². The van der Waals surface area contributed by atoms with Crippen LogP contribution in [0.3, 0.4) is 0 Å². The Hall–Kier alpha value is -1.36. The van der Waals surface area contributed by atoms with Gasteiger partial charge in [-0.05, 0) is 26.8 Å². The molecule has 0 aliphatic heterocycles. The number of hydrogen-bond donors (Lipinski definition) is 1. The molecule has 0 aromatic carbocycles. The van der Waals surface area contributed by atoms with Crippen molar-refractivity contribution < 1.29 is 14.6 Å². The first-order valence-electron chi connectivity index (χ1n) is 4.96. The van der Waals surface area contributed by atoms with E-state index in [2.05, 4.69) is 5.10 Å². The molecule has 15 heavy (non-hydrogen) atoms. The van der Waals surface area contributed by atoms with Crippen molar-refractivity contribution in [3.63, 3.8) is 0 Å². The molecule has 0 saturated carbocycles. The first-order valence-corrected chi connectivity index (χ1v) is 4.96. The maximum Gasteiger partial charge on any atom is 0.356 e. The average Bonchev–Trinajstić information content (AvgIpc) is 2.65. The molecule has 1 N–H and O–H groups in total. The van der Waals surface area contributed by atoms with Gasteiger partial charge in [-0.25, -0.2) is 4.79 Å². The summed E-state index contributed by atoms with van der Waals surface area (Å²) in [7, 11) is 0. The highest BCUT2D eigenvalue weighted by Gasteiger charge is 2.19. The van der Waals surface area contributed by atoms with Crippen LogP contribution in [0.25, 0.3) is 0 Å². The number of nitrogens with zero attached hydrogens (tertiary/aromatic N) is 2. The summed E-state index contributed by atoms with van der Waals surface area (Å²) in [6.07, 6.45) is 0.948. The standard InChI is InChI=1S/C10H16N2O3/c1-4-15-10(14)9-5-6-11-12(9)7(2)8(3)13/h5-8,13H,4H2,1-3H3/t7-,8-/m1/s1. The van der Waals surface area contributed by atoms with Crippen molar-refractivity contribution in [2.45, 2.75) is 32.9 Å². The van der Waals surface area contributed by atoms with Gasteiger partial charge in [0.1, 0.15) is 5.69 Å². The van der Waals surface area contributed by atoms with Gasteiger partial charge in [0.2, 0.25) is 0 Å². The van der Waals surface area contributed by atoms with Gasteiger partial charge < -0.3 is 9.84 Å². The largest absolute Gasteiger partial charge is 0.461 e. The Morgan fingerprint density at radius 3 is 2.87 bits per heavy atom. The van der Waals surface area contributed by atoms with Crippen LogP contribution in [0.4, 0.5) is 0 Å². The lowest BCUT2D eigenvalue weighted by Crippen LogP contribution is -2.23. The first kappa shape index (κ1) is 11.7. The van der Waals surface area contributed by atoms with Crippen LogP contribution < -0.4 is 0 Å². The highest BCUT2D eigenvalue weighted by molar-refractivity contribution is 5.87. The number of aromatic nitrogens is 2. The van der Waals surface area contributed by atoms with E-state index in [0.717, 1.165) is 0 Å². The van der Waals surface area contributed by atoms with Crippen molar-refractivity contribution in [3.05, 3.63) is 18.0 Å². The number of hydrogen-bond acceptors (Lipinski definition) is 4. The number of aliphatic hydroxyl groups excluding tert-OH is 1. The summed E-state index contributed by atoms with van der Waals surface area (Å²) >= 11 is 0. The highest BCUT2D eigenvalue weighted by atomic mass is 16.5. The summed E-state index contributed by atoms with van der Waals surface area (Å²) in [5.41, 5.74) is 0.366. The van der Waals surface area contributed by atoms with Crippen LogP contribution in [0.15, 0.2) is 12.3 Å². The van der Waals surface area contributed by atoms with Gasteiger partial charge in [-0.1, -0.05) is 0 Å². The second-order valence-electron chi connectivity index (χ2n) is 3.36. The minimum absolute atomic E-state index is 0.251. The van der Waals surface area contributed by atoms with E-state index in [-0.39, 0.29) is 6.04 Å². The number of carbonyl (C=O) groups excluding carboxylic acids is 1. The van der Waals surface area contributed by atoms with Gasteiger partial charge in [-0.2, -0.15) is 5.10 Å². The van der Waals surface area contributed by atoms with Gasteiger partial charge in [-0.15, -0.1) is 0 Å². The molecule has 0 aliphatic rings. The molecule has 1 heterocycles. The van der Waals surface area contributed by atoms with Crippen LogP contribution >= 0.6 is 0 Å². The van der Waals surface area contributed by atoms with Crippen molar-refractivity contribution in [2.24, 2.45) is 0 Å². The molecule has 2 atom stereocenters. The Bertz CT molecular complexity index is 333. The maximum atomic E-state index is 11.5. The van der Waals surface area contributed by atoms with Crippen LogP contribution in [0.1, 0.15) is 37.3 Å².